The van der Waals surface area contributed by atoms with E-state index in [0.29, 0.717) is 6.47 Å². The largest absolute Gasteiger partial charge is 0.497 e. The number of carbonyl (C=O) groups excluding carboxylic acids is 1. The SMILES string of the molecule is CC(C)(C)OC=O.CCC.CNCCOC(C)=C(C)C. The van der Waals surface area contributed by atoms with Gasteiger partial charge in [-0.15, -0.1) is 0 Å². The molecule has 0 fully saturated rings. The first-order valence-corrected chi connectivity index (χ1v) is 7.19. The molecule has 0 aliphatic rings. The fourth-order valence-corrected chi connectivity index (χ4v) is 0.595. The molecule has 20 heavy (non-hydrogen) atoms. The van der Waals surface area contributed by atoms with E-state index < -0.39 is 0 Å². The van der Waals surface area contributed by atoms with Crippen molar-refractivity contribution in [3.05, 3.63) is 11.3 Å². The summed E-state index contributed by atoms with van der Waals surface area (Å²) in [6.45, 7) is 17.9. The molecule has 1 N–H and O–H groups in total. The van der Waals surface area contributed by atoms with Gasteiger partial charge in [-0.2, -0.15) is 0 Å². The Hall–Kier alpha value is -1.03. The third kappa shape index (κ3) is 30.2. The van der Waals surface area contributed by atoms with Crippen LogP contribution in [0.2, 0.25) is 0 Å². The highest BCUT2D eigenvalue weighted by atomic mass is 16.5. The number of likely N-dealkylation sites (N-methyl/N-ethyl adjacent to an activating group) is 1. The second-order valence-corrected chi connectivity index (χ2v) is 5.54. The zero-order chi connectivity index (χ0) is 16.6. The molecule has 0 aliphatic heterocycles. The fraction of sp³-hybridized carbons (Fsp3) is 0.812. The summed E-state index contributed by atoms with van der Waals surface area (Å²) in [5.74, 6) is 1.04. The Morgan fingerprint density at radius 3 is 1.80 bits per heavy atom. The van der Waals surface area contributed by atoms with Crippen LogP contribution in [0.5, 0.6) is 0 Å². The van der Waals surface area contributed by atoms with Crippen LogP contribution in [0.3, 0.4) is 0 Å². The van der Waals surface area contributed by atoms with E-state index in [1.165, 1.54) is 12.0 Å². The normalized spacial score (nSPS) is 9.25. The van der Waals surface area contributed by atoms with Gasteiger partial charge in [-0.3, -0.25) is 4.79 Å². The van der Waals surface area contributed by atoms with Gasteiger partial charge in [-0.05, 0) is 54.2 Å². The monoisotopic (exact) mass is 289 g/mol. The van der Waals surface area contributed by atoms with Crippen molar-refractivity contribution < 1.29 is 14.3 Å². The van der Waals surface area contributed by atoms with Crippen molar-refractivity contribution in [2.45, 2.75) is 67.4 Å². The lowest BCUT2D eigenvalue weighted by Crippen LogP contribution is -2.17. The molecule has 0 aromatic rings. The first kappa shape index (κ1) is 24.0. The van der Waals surface area contributed by atoms with Gasteiger partial charge in [0.25, 0.3) is 6.47 Å². The fourth-order valence-electron chi connectivity index (χ4n) is 0.595. The number of ether oxygens (including phenoxy) is 2. The second-order valence-electron chi connectivity index (χ2n) is 5.54. The summed E-state index contributed by atoms with van der Waals surface area (Å²) in [7, 11) is 1.92. The Morgan fingerprint density at radius 1 is 1.15 bits per heavy atom. The van der Waals surface area contributed by atoms with E-state index in [1.807, 2.05) is 34.7 Å². The minimum Gasteiger partial charge on any atom is -0.497 e. The quantitative estimate of drug-likeness (QED) is 0.473. The maximum absolute atomic E-state index is 9.60. The average molecular weight is 289 g/mol. The van der Waals surface area contributed by atoms with Crippen LogP contribution in [0, 0.1) is 0 Å². The molecule has 0 bridgehead atoms. The van der Waals surface area contributed by atoms with E-state index in [0.717, 1.165) is 18.9 Å². The van der Waals surface area contributed by atoms with E-state index in [1.54, 1.807) is 0 Å². The molecule has 0 aromatic heterocycles. The molecule has 0 amide bonds. The van der Waals surface area contributed by atoms with E-state index in [2.05, 4.69) is 37.7 Å². The van der Waals surface area contributed by atoms with Crippen molar-refractivity contribution in [2.24, 2.45) is 0 Å². The molecule has 0 spiro atoms. The Labute approximate surface area is 125 Å². The highest BCUT2D eigenvalue weighted by molar-refractivity contribution is 5.37. The van der Waals surface area contributed by atoms with Crippen LogP contribution in [0.4, 0.5) is 0 Å². The first-order valence-electron chi connectivity index (χ1n) is 7.19. The summed E-state index contributed by atoms with van der Waals surface area (Å²) in [6, 6.07) is 0. The summed E-state index contributed by atoms with van der Waals surface area (Å²) in [6.07, 6.45) is 1.25. The maximum Gasteiger partial charge on any atom is 0.293 e. The molecule has 0 rings (SSSR count). The predicted molar refractivity (Wildman–Crippen MR) is 86.8 cm³/mol. The number of hydrogen-bond donors (Lipinski definition) is 1. The predicted octanol–water partition coefficient (Wildman–Crippen LogP) is 3.91. The summed E-state index contributed by atoms with van der Waals surface area (Å²) in [4.78, 5) is 9.60. The third-order valence-electron chi connectivity index (χ3n) is 1.78. The number of hydrogen-bond acceptors (Lipinski definition) is 4. The summed E-state index contributed by atoms with van der Waals surface area (Å²) < 4.78 is 9.91. The van der Waals surface area contributed by atoms with Gasteiger partial charge < -0.3 is 14.8 Å². The molecule has 0 aliphatic carbocycles. The molecule has 0 aromatic carbocycles. The van der Waals surface area contributed by atoms with Gasteiger partial charge in [0.1, 0.15) is 12.2 Å². The van der Waals surface area contributed by atoms with Gasteiger partial charge >= 0.3 is 0 Å². The Balaban J connectivity index is -0.000000251. The van der Waals surface area contributed by atoms with E-state index in [9.17, 15) is 4.79 Å². The number of rotatable bonds is 5. The van der Waals surface area contributed by atoms with Gasteiger partial charge in [-0.1, -0.05) is 20.3 Å². The summed E-state index contributed by atoms with van der Waals surface area (Å²) in [5, 5.41) is 3.01. The molecule has 0 heterocycles. The van der Waals surface area contributed by atoms with Gasteiger partial charge in [0.05, 0.1) is 5.76 Å². The zero-order valence-electron chi connectivity index (χ0n) is 14.9. The van der Waals surface area contributed by atoms with E-state index in [4.69, 9.17) is 4.74 Å². The first-order chi connectivity index (χ1) is 9.16. The molecular formula is C16H35NO3. The second kappa shape index (κ2) is 16.0. The van der Waals surface area contributed by atoms with Crippen molar-refractivity contribution in [2.75, 3.05) is 20.2 Å². The molecule has 0 radical (unpaired) electrons. The minimum atomic E-state index is -0.318. The van der Waals surface area contributed by atoms with Crippen LogP contribution in [0.15, 0.2) is 11.3 Å². The molecule has 0 saturated carbocycles. The Morgan fingerprint density at radius 2 is 1.60 bits per heavy atom. The lowest BCUT2D eigenvalue weighted by atomic mass is 10.2. The zero-order valence-corrected chi connectivity index (χ0v) is 14.9. The molecule has 0 saturated heterocycles. The topological polar surface area (TPSA) is 47.6 Å². The van der Waals surface area contributed by atoms with Crippen molar-refractivity contribution in [1.29, 1.82) is 0 Å². The van der Waals surface area contributed by atoms with Crippen LogP contribution >= 0.6 is 0 Å². The number of carbonyl (C=O) groups is 1. The van der Waals surface area contributed by atoms with E-state index in [-0.39, 0.29) is 5.60 Å². The lowest BCUT2D eigenvalue weighted by molar-refractivity contribution is -0.138. The highest BCUT2D eigenvalue weighted by Crippen LogP contribution is 2.03. The minimum absolute atomic E-state index is 0.318. The van der Waals surface area contributed by atoms with Crippen molar-refractivity contribution in [3.63, 3.8) is 0 Å². The molecule has 0 atom stereocenters. The molecule has 0 unspecified atom stereocenters. The highest BCUT2D eigenvalue weighted by Gasteiger charge is 2.07. The van der Waals surface area contributed by atoms with Crippen molar-refractivity contribution in [1.82, 2.24) is 5.32 Å². The molecule has 122 valence electrons. The third-order valence-corrected chi connectivity index (χ3v) is 1.78. The van der Waals surface area contributed by atoms with Crippen LogP contribution in [-0.4, -0.2) is 32.3 Å². The van der Waals surface area contributed by atoms with Gasteiger partial charge in [0.2, 0.25) is 0 Å². The van der Waals surface area contributed by atoms with Crippen molar-refractivity contribution in [3.8, 4) is 0 Å². The van der Waals surface area contributed by atoms with E-state index >= 15 is 0 Å². The number of nitrogens with one attached hydrogen (secondary N) is 1. The summed E-state index contributed by atoms with van der Waals surface area (Å²) in [5.41, 5.74) is 0.929. The van der Waals surface area contributed by atoms with Crippen LogP contribution in [-0.2, 0) is 14.3 Å². The Kier molecular flexibility index (Phi) is 19.2. The molecular weight excluding hydrogens is 254 g/mol. The van der Waals surface area contributed by atoms with Crippen LogP contribution < -0.4 is 5.32 Å². The molecule has 4 nitrogen and oxygen atoms in total. The summed E-state index contributed by atoms with van der Waals surface area (Å²) >= 11 is 0. The maximum atomic E-state index is 9.60. The van der Waals surface area contributed by atoms with Crippen LogP contribution in [0.1, 0.15) is 61.8 Å². The van der Waals surface area contributed by atoms with Crippen LogP contribution in [0.25, 0.3) is 0 Å². The average Bonchev–Trinajstić information content (AvgIpc) is 2.29. The smallest absolute Gasteiger partial charge is 0.293 e. The Bertz CT molecular complexity index is 239. The van der Waals surface area contributed by atoms with Crippen molar-refractivity contribution >= 4 is 6.47 Å². The van der Waals surface area contributed by atoms with Gasteiger partial charge in [0, 0.05) is 6.54 Å². The standard InChI is InChI=1S/C8H17NO.C5H10O2.C3H8/c1-7(2)8(3)10-6-5-9-4;1-5(2,3)7-4-6;1-3-2/h9H,5-6H2,1-4H3;4H,1-3H3;3H2,1-2H3. The van der Waals surface area contributed by atoms with Gasteiger partial charge in [0.15, 0.2) is 0 Å². The lowest BCUT2D eigenvalue weighted by Gasteiger charge is -2.14. The van der Waals surface area contributed by atoms with Gasteiger partial charge in [-0.25, -0.2) is 0 Å². The number of allylic oxidation sites excluding steroid dienone is 2. The molecule has 4 heteroatoms.